The van der Waals surface area contributed by atoms with Crippen molar-refractivity contribution in [1.82, 2.24) is 20.0 Å². The molecule has 154 valence electrons. The third-order valence-electron chi connectivity index (χ3n) is 6.73. The average molecular weight is 401 g/mol. The summed E-state index contributed by atoms with van der Waals surface area (Å²) < 4.78 is 0. The number of H-pyrrole nitrogens is 1. The molecule has 2 aromatic carbocycles. The number of nitrogens with zero attached hydrogens (tertiary/aromatic N) is 3. The number of amides is 1. The number of carbonyl (C=O) groups is 1. The van der Waals surface area contributed by atoms with Crippen LogP contribution in [0, 0.1) is 18.8 Å². The summed E-state index contributed by atoms with van der Waals surface area (Å²) in [7, 11) is 0. The molecule has 3 heterocycles. The Bertz CT molecular complexity index is 1000. The van der Waals surface area contributed by atoms with Gasteiger partial charge in [-0.2, -0.15) is 5.10 Å². The van der Waals surface area contributed by atoms with Crippen LogP contribution in [0.4, 0.5) is 0 Å². The summed E-state index contributed by atoms with van der Waals surface area (Å²) >= 11 is 0. The lowest BCUT2D eigenvalue weighted by molar-refractivity contribution is -0.132. The average Bonchev–Trinajstić information content (AvgIpc) is 3.46. The molecule has 1 N–H and O–H groups in total. The molecule has 30 heavy (non-hydrogen) atoms. The Morgan fingerprint density at radius 2 is 1.83 bits per heavy atom. The lowest BCUT2D eigenvalue weighted by Crippen LogP contribution is -2.36. The highest BCUT2D eigenvalue weighted by Crippen LogP contribution is 2.46. The first kappa shape index (κ1) is 19.1. The fraction of sp³-hybridized carbons (Fsp3) is 0.360. The van der Waals surface area contributed by atoms with Crippen LogP contribution in [0.25, 0.3) is 0 Å². The maximum absolute atomic E-state index is 13.4. The van der Waals surface area contributed by atoms with Gasteiger partial charge in [0, 0.05) is 43.9 Å². The number of nitrogens with one attached hydrogen (secondary N) is 1. The highest BCUT2D eigenvalue weighted by molar-refractivity contribution is 5.79. The van der Waals surface area contributed by atoms with Crippen molar-refractivity contribution in [3.63, 3.8) is 0 Å². The van der Waals surface area contributed by atoms with E-state index in [2.05, 4.69) is 51.2 Å². The molecule has 0 aliphatic carbocycles. The van der Waals surface area contributed by atoms with Gasteiger partial charge in [0.15, 0.2) is 0 Å². The van der Waals surface area contributed by atoms with E-state index < -0.39 is 0 Å². The number of aromatic amines is 1. The number of hydrogen-bond donors (Lipinski definition) is 1. The molecule has 5 rings (SSSR count). The fourth-order valence-corrected chi connectivity index (χ4v) is 5.33. The van der Waals surface area contributed by atoms with E-state index in [1.807, 2.05) is 42.7 Å². The van der Waals surface area contributed by atoms with Crippen molar-refractivity contribution in [1.29, 1.82) is 0 Å². The standard InChI is InChI=1S/C25H28N4O/c1-18-7-5-6-10-22(18)25-23-17-28(14-20-12-26-27-13-20)15-21(23)16-29(25)24(30)11-19-8-3-2-4-9-19/h2-10,12-13,21,23,25H,11,14-17H2,1H3,(H,26,27)/t21-,23-,25+/m0/s1. The molecule has 2 aliphatic rings. The molecule has 0 bridgehead atoms. The van der Waals surface area contributed by atoms with Crippen LogP contribution >= 0.6 is 0 Å². The monoisotopic (exact) mass is 400 g/mol. The molecule has 5 heteroatoms. The van der Waals surface area contributed by atoms with Gasteiger partial charge in [0.05, 0.1) is 18.7 Å². The third-order valence-corrected chi connectivity index (χ3v) is 6.73. The first-order valence-corrected chi connectivity index (χ1v) is 10.8. The topological polar surface area (TPSA) is 52.2 Å². The second-order valence-electron chi connectivity index (χ2n) is 8.73. The Hall–Kier alpha value is -2.92. The minimum atomic E-state index is 0.154. The Morgan fingerprint density at radius 3 is 2.60 bits per heavy atom. The lowest BCUT2D eigenvalue weighted by Gasteiger charge is -2.31. The number of hydrogen-bond acceptors (Lipinski definition) is 3. The quantitative estimate of drug-likeness (QED) is 0.712. The second-order valence-corrected chi connectivity index (χ2v) is 8.73. The predicted octanol–water partition coefficient (Wildman–Crippen LogP) is 3.59. The van der Waals surface area contributed by atoms with Gasteiger partial charge in [-0.05, 0) is 29.5 Å². The van der Waals surface area contributed by atoms with Crippen molar-refractivity contribution in [2.45, 2.75) is 25.9 Å². The van der Waals surface area contributed by atoms with E-state index in [0.717, 1.165) is 31.7 Å². The van der Waals surface area contributed by atoms with Crippen LogP contribution in [0.5, 0.6) is 0 Å². The molecule has 0 radical (unpaired) electrons. The van der Waals surface area contributed by atoms with Crippen molar-refractivity contribution in [2.24, 2.45) is 11.8 Å². The van der Waals surface area contributed by atoms with E-state index in [0.29, 0.717) is 18.3 Å². The van der Waals surface area contributed by atoms with Crippen LogP contribution in [0.15, 0.2) is 67.0 Å². The zero-order valence-electron chi connectivity index (χ0n) is 17.4. The zero-order chi connectivity index (χ0) is 20.5. The van der Waals surface area contributed by atoms with Gasteiger partial charge in [-0.3, -0.25) is 14.8 Å². The number of fused-ring (bicyclic) bond motifs is 1. The Labute approximate surface area is 177 Å². The number of aryl methyl sites for hydroxylation is 1. The summed E-state index contributed by atoms with van der Waals surface area (Å²) in [6.45, 7) is 5.98. The summed E-state index contributed by atoms with van der Waals surface area (Å²) in [4.78, 5) is 18.1. The van der Waals surface area contributed by atoms with Crippen LogP contribution in [-0.4, -0.2) is 45.5 Å². The van der Waals surface area contributed by atoms with Gasteiger partial charge in [0.2, 0.25) is 5.91 Å². The summed E-state index contributed by atoms with van der Waals surface area (Å²) in [6.07, 6.45) is 4.35. The van der Waals surface area contributed by atoms with Crippen molar-refractivity contribution in [3.8, 4) is 0 Å². The molecule has 0 unspecified atom stereocenters. The molecule has 2 saturated heterocycles. The maximum Gasteiger partial charge on any atom is 0.227 e. The minimum Gasteiger partial charge on any atom is -0.335 e. The zero-order valence-corrected chi connectivity index (χ0v) is 17.4. The second kappa shape index (κ2) is 8.07. The minimum absolute atomic E-state index is 0.154. The van der Waals surface area contributed by atoms with Crippen LogP contribution in [0.2, 0.25) is 0 Å². The van der Waals surface area contributed by atoms with Crippen LogP contribution in [-0.2, 0) is 17.8 Å². The van der Waals surface area contributed by atoms with E-state index in [4.69, 9.17) is 0 Å². The van der Waals surface area contributed by atoms with E-state index in [-0.39, 0.29) is 11.9 Å². The van der Waals surface area contributed by atoms with Gasteiger partial charge >= 0.3 is 0 Å². The highest BCUT2D eigenvalue weighted by Gasteiger charge is 2.49. The molecule has 1 aromatic heterocycles. The molecule has 3 atom stereocenters. The van der Waals surface area contributed by atoms with Crippen molar-refractivity contribution in [3.05, 3.63) is 89.2 Å². The number of carbonyl (C=O) groups excluding carboxylic acids is 1. The Morgan fingerprint density at radius 1 is 1.03 bits per heavy atom. The summed E-state index contributed by atoms with van der Waals surface area (Å²) in [6, 6.07) is 18.8. The SMILES string of the molecule is Cc1ccccc1[C@@H]1[C@H]2CN(Cc3cn[nH]c3)C[C@H]2CN1C(=O)Cc1ccccc1. The summed E-state index contributed by atoms with van der Waals surface area (Å²) in [5.41, 5.74) is 4.88. The van der Waals surface area contributed by atoms with Gasteiger partial charge in [0.1, 0.15) is 0 Å². The molecule has 0 spiro atoms. The van der Waals surface area contributed by atoms with Gasteiger partial charge in [-0.1, -0.05) is 54.6 Å². The molecular formula is C25H28N4O. The number of benzene rings is 2. The molecule has 2 aliphatic heterocycles. The third kappa shape index (κ3) is 3.65. The molecule has 0 saturated carbocycles. The van der Waals surface area contributed by atoms with Gasteiger partial charge in [0.25, 0.3) is 0 Å². The van der Waals surface area contributed by atoms with Crippen molar-refractivity contribution in [2.75, 3.05) is 19.6 Å². The van der Waals surface area contributed by atoms with Crippen LogP contribution < -0.4 is 0 Å². The predicted molar refractivity (Wildman–Crippen MR) is 117 cm³/mol. The van der Waals surface area contributed by atoms with Gasteiger partial charge in [-0.15, -0.1) is 0 Å². The smallest absolute Gasteiger partial charge is 0.227 e. The van der Waals surface area contributed by atoms with Gasteiger partial charge in [-0.25, -0.2) is 0 Å². The van der Waals surface area contributed by atoms with Crippen LogP contribution in [0.1, 0.15) is 28.3 Å². The molecule has 3 aromatic rings. The number of likely N-dealkylation sites (tertiary alicyclic amines) is 2. The number of rotatable bonds is 5. The first-order valence-electron chi connectivity index (χ1n) is 10.8. The summed E-state index contributed by atoms with van der Waals surface area (Å²) in [5, 5.41) is 6.99. The maximum atomic E-state index is 13.4. The van der Waals surface area contributed by atoms with E-state index in [1.165, 1.54) is 16.7 Å². The van der Waals surface area contributed by atoms with E-state index in [1.54, 1.807) is 0 Å². The van der Waals surface area contributed by atoms with Gasteiger partial charge < -0.3 is 4.90 Å². The van der Waals surface area contributed by atoms with E-state index >= 15 is 0 Å². The molecular weight excluding hydrogens is 372 g/mol. The van der Waals surface area contributed by atoms with E-state index in [9.17, 15) is 4.79 Å². The van der Waals surface area contributed by atoms with Crippen molar-refractivity contribution < 1.29 is 4.79 Å². The largest absolute Gasteiger partial charge is 0.335 e. The normalized spacial score (nSPS) is 23.6. The fourth-order valence-electron chi connectivity index (χ4n) is 5.33. The number of aromatic nitrogens is 2. The molecule has 1 amide bonds. The first-order chi connectivity index (χ1) is 14.7. The molecule has 5 nitrogen and oxygen atoms in total. The Kier molecular flexibility index (Phi) is 5.13. The summed E-state index contributed by atoms with van der Waals surface area (Å²) in [5.74, 6) is 1.23. The highest BCUT2D eigenvalue weighted by atomic mass is 16.2. The van der Waals surface area contributed by atoms with Crippen LogP contribution in [0.3, 0.4) is 0 Å². The van der Waals surface area contributed by atoms with Crippen molar-refractivity contribution >= 4 is 5.91 Å². The Balaban J connectivity index is 1.40. The molecule has 2 fully saturated rings. The lowest BCUT2D eigenvalue weighted by atomic mass is 9.87.